The molecule has 0 fully saturated rings. The Morgan fingerprint density at radius 1 is 1.33 bits per heavy atom. The lowest BCUT2D eigenvalue weighted by Crippen LogP contribution is -2.34. The van der Waals surface area contributed by atoms with Crippen molar-refractivity contribution in [1.29, 1.82) is 0 Å². The van der Waals surface area contributed by atoms with E-state index in [1.54, 1.807) is 5.20 Å². The topological polar surface area (TPSA) is 12.0 Å². The maximum absolute atomic E-state index is 3.53. The highest BCUT2D eigenvalue weighted by atomic mass is 28.3. The SMILES string of the molecule is CC1=C(NC(C)(C)C)C=C[SiH]1C. The van der Waals surface area contributed by atoms with Gasteiger partial charge in [0.15, 0.2) is 0 Å². The van der Waals surface area contributed by atoms with Crippen molar-refractivity contribution in [2.75, 3.05) is 0 Å². The standard InChI is InChI=1S/C10H19NSi/c1-8-9(6-7-12(8)5)11-10(2,3)4/h6-7,11-12H,1-5H3. The molecule has 0 saturated carbocycles. The highest BCUT2D eigenvalue weighted by molar-refractivity contribution is 6.71. The summed E-state index contributed by atoms with van der Waals surface area (Å²) in [6, 6.07) is 0. The van der Waals surface area contributed by atoms with Gasteiger partial charge < -0.3 is 5.32 Å². The van der Waals surface area contributed by atoms with Gasteiger partial charge in [0.2, 0.25) is 0 Å². The Hall–Kier alpha value is -0.503. The average molecular weight is 181 g/mol. The summed E-state index contributed by atoms with van der Waals surface area (Å²) in [4.78, 5) is 0. The Kier molecular flexibility index (Phi) is 2.47. The number of nitrogens with one attached hydrogen (secondary N) is 1. The van der Waals surface area contributed by atoms with Gasteiger partial charge >= 0.3 is 0 Å². The van der Waals surface area contributed by atoms with Crippen LogP contribution in [-0.4, -0.2) is 14.3 Å². The van der Waals surface area contributed by atoms with Gasteiger partial charge in [-0.15, -0.1) is 0 Å². The monoisotopic (exact) mass is 181 g/mol. The molecule has 1 nitrogen and oxygen atoms in total. The van der Waals surface area contributed by atoms with Crippen LogP contribution in [0.5, 0.6) is 0 Å². The van der Waals surface area contributed by atoms with Gasteiger partial charge in [-0.1, -0.05) is 17.4 Å². The molecule has 0 bridgehead atoms. The maximum Gasteiger partial charge on any atom is 0.0883 e. The van der Waals surface area contributed by atoms with E-state index < -0.39 is 8.80 Å². The summed E-state index contributed by atoms with van der Waals surface area (Å²) in [5, 5.41) is 5.11. The van der Waals surface area contributed by atoms with E-state index in [9.17, 15) is 0 Å². The van der Waals surface area contributed by atoms with Crippen molar-refractivity contribution in [2.45, 2.75) is 39.8 Å². The zero-order valence-electron chi connectivity index (χ0n) is 8.73. The Morgan fingerprint density at radius 3 is 2.25 bits per heavy atom. The molecule has 0 spiro atoms. The highest BCUT2D eigenvalue weighted by Crippen LogP contribution is 2.17. The largest absolute Gasteiger partial charge is 0.381 e. The molecule has 1 unspecified atom stereocenters. The van der Waals surface area contributed by atoms with Gasteiger partial charge in [0.05, 0.1) is 8.80 Å². The molecule has 0 aliphatic carbocycles. The molecule has 2 heteroatoms. The van der Waals surface area contributed by atoms with E-state index in [0.717, 1.165) is 0 Å². The summed E-state index contributed by atoms with van der Waals surface area (Å²) in [6.07, 6.45) is 2.25. The third-order valence-electron chi connectivity index (χ3n) is 2.17. The van der Waals surface area contributed by atoms with Crippen LogP contribution in [0, 0.1) is 0 Å². The average Bonchev–Trinajstić information content (AvgIpc) is 2.16. The first-order valence-corrected chi connectivity index (χ1v) is 6.97. The van der Waals surface area contributed by atoms with E-state index in [4.69, 9.17) is 0 Å². The zero-order chi connectivity index (χ0) is 9.35. The van der Waals surface area contributed by atoms with E-state index in [-0.39, 0.29) is 5.54 Å². The summed E-state index contributed by atoms with van der Waals surface area (Å²) >= 11 is 0. The van der Waals surface area contributed by atoms with Crippen LogP contribution in [0.3, 0.4) is 0 Å². The molecule has 1 atom stereocenters. The second-order valence-electron chi connectivity index (χ2n) is 4.62. The molecular formula is C10H19NSi. The van der Waals surface area contributed by atoms with Crippen LogP contribution >= 0.6 is 0 Å². The first-order chi connectivity index (χ1) is 5.40. The normalized spacial score (nSPS) is 23.6. The minimum Gasteiger partial charge on any atom is -0.381 e. The molecule has 1 N–H and O–H groups in total. The number of hydrogen-bond donors (Lipinski definition) is 1. The lowest BCUT2D eigenvalue weighted by Gasteiger charge is -2.23. The van der Waals surface area contributed by atoms with Crippen LogP contribution in [0.4, 0.5) is 0 Å². The maximum atomic E-state index is 3.53. The minimum absolute atomic E-state index is 0.194. The van der Waals surface area contributed by atoms with E-state index >= 15 is 0 Å². The first kappa shape index (κ1) is 9.58. The Balaban J connectivity index is 2.72. The predicted molar refractivity (Wildman–Crippen MR) is 57.7 cm³/mol. The summed E-state index contributed by atoms with van der Waals surface area (Å²) in [5.41, 5.74) is 3.93. The fourth-order valence-corrected chi connectivity index (χ4v) is 2.73. The molecule has 12 heavy (non-hydrogen) atoms. The van der Waals surface area contributed by atoms with Gasteiger partial charge in [0.25, 0.3) is 0 Å². The van der Waals surface area contributed by atoms with E-state index in [1.807, 2.05) is 0 Å². The first-order valence-electron chi connectivity index (χ1n) is 4.57. The van der Waals surface area contributed by atoms with Crippen LogP contribution in [0.15, 0.2) is 22.7 Å². The van der Waals surface area contributed by atoms with Crippen LogP contribution in [0.25, 0.3) is 0 Å². The molecule has 0 aromatic heterocycles. The van der Waals surface area contributed by atoms with Crippen molar-refractivity contribution in [1.82, 2.24) is 5.32 Å². The third-order valence-corrected chi connectivity index (χ3v) is 4.62. The van der Waals surface area contributed by atoms with Crippen molar-refractivity contribution in [3.63, 3.8) is 0 Å². The van der Waals surface area contributed by atoms with Gasteiger partial charge in [-0.3, -0.25) is 0 Å². The van der Waals surface area contributed by atoms with Gasteiger partial charge in [-0.05, 0) is 33.8 Å². The molecule has 0 aromatic carbocycles. The second-order valence-corrected chi connectivity index (χ2v) is 7.45. The van der Waals surface area contributed by atoms with Gasteiger partial charge in [-0.2, -0.15) is 0 Å². The van der Waals surface area contributed by atoms with E-state index in [0.29, 0.717) is 0 Å². The van der Waals surface area contributed by atoms with Crippen molar-refractivity contribution in [3.8, 4) is 0 Å². The van der Waals surface area contributed by atoms with Crippen molar-refractivity contribution >= 4 is 8.80 Å². The van der Waals surface area contributed by atoms with Gasteiger partial charge in [-0.25, -0.2) is 0 Å². The summed E-state index contributed by atoms with van der Waals surface area (Å²) in [5.74, 6) is 0. The quantitative estimate of drug-likeness (QED) is 0.611. The molecule has 0 radical (unpaired) electrons. The fraction of sp³-hybridized carbons (Fsp3) is 0.600. The predicted octanol–water partition coefficient (Wildman–Crippen LogP) is 2.15. The summed E-state index contributed by atoms with van der Waals surface area (Å²) in [6.45, 7) is 11.2. The van der Waals surface area contributed by atoms with E-state index in [1.165, 1.54) is 5.70 Å². The number of hydrogen-bond acceptors (Lipinski definition) is 1. The molecule has 1 rings (SSSR count). The molecule has 0 aromatic rings. The van der Waals surface area contributed by atoms with E-state index in [2.05, 4.69) is 51.3 Å². The molecule has 0 amide bonds. The van der Waals surface area contributed by atoms with Crippen LogP contribution in [-0.2, 0) is 0 Å². The van der Waals surface area contributed by atoms with Crippen LogP contribution in [0.1, 0.15) is 27.7 Å². The smallest absolute Gasteiger partial charge is 0.0883 e. The van der Waals surface area contributed by atoms with Crippen molar-refractivity contribution < 1.29 is 0 Å². The van der Waals surface area contributed by atoms with Crippen molar-refractivity contribution in [3.05, 3.63) is 22.7 Å². The second kappa shape index (κ2) is 3.09. The Morgan fingerprint density at radius 2 is 1.92 bits per heavy atom. The lowest BCUT2D eigenvalue weighted by atomic mass is 10.1. The van der Waals surface area contributed by atoms with Gasteiger partial charge in [0, 0.05) is 11.2 Å². The van der Waals surface area contributed by atoms with Crippen LogP contribution in [0.2, 0.25) is 6.55 Å². The fourth-order valence-electron chi connectivity index (χ4n) is 1.31. The van der Waals surface area contributed by atoms with Crippen LogP contribution < -0.4 is 5.32 Å². The molecule has 1 heterocycles. The molecule has 1 aliphatic heterocycles. The molecule has 1 aliphatic rings. The Bertz CT molecular complexity index is 233. The van der Waals surface area contributed by atoms with Crippen molar-refractivity contribution in [2.24, 2.45) is 0 Å². The third kappa shape index (κ3) is 2.24. The molecular weight excluding hydrogens is 162 g/mol. The van der Waals surface area contributed by atoms with Gasteiger partial charge in [0.1, 0.15) is 0 Å². The number of rotatable bonds is 1. The lowest BCUT2D eigenvalue weighted by molar-refractivity contribution is 0.479. The minimum atomic E-state index is -0.654. The zero-order valence-corrected chi connectivity index (χ0v) is 9.89. The summed E-state index contributed by atoms with van der Waals surface area (Å²) in [7, 11) is -0.654. The highest BCUT2D eigenvalue weighted by Gasteiger charge is 2.17. The molecule has 0 saturated heterocycles. The summed E-state index contributed by atoms with van der Waals surface area (Å²) < 4.78 is 0. The Labute approximate surface area is 77.2 Å². The molecule has 68 valence electrons. The number of allylic oxidation sites excluding steroid dienone is 2.